The molecule has 2 aliphatic rings. The Morgan fingerprint density at radius 2 is 2.00 bits per heavy atom. The zero-order valence-electron chi connectivity index (χ0n) is 13.7. The topological polar surface area (TPSA) is 55.8 Å². The van der Waals surface area contributed by atoms with Crippen molar-refractivity contribution in [1.29, 1.82) is 0 Å². The summed E-state index contributed by atoms with van der Waals surface area (Å²) < 4.78 is 49.9. The number of rotatable bonds is 4. The van der Waals surface area contributed by atoms with Gasteiger partial charge in [0.2, 0.25) is 0 Å². The number of hydrogen-bond donors (Lipinski definition) is 1. The molecule has 2 aromatic rings. The molecule has 136 valence electrons. The number of alkyl halides is 3. The highest BCUT2D eigenvalue weighted by atomic mass is 19.4. The minimum absolute atomic E-state index is 0.127. The molecule has 1 unspecified atom stereocenters. The van der Waals surface area contributed by atoms with Gasteiger partial charge in [0.05, 0.1) is 5.56 Å². The Labute approximate surface area is 147 Å². The van der Waals surface area contributed by atoms with Crippen molar-refractivity contribution in [1.82, 2.24) is 0 Å². The van der Waals surface area contributed by atoms with Crippen molar-refractivity contribution in [3.63, 3.8) is 0 Å². The van der Waals surface area contributed by atoms with Gasteiger partial charge in [0.25, 0.3) is 0 Å². The Kier molecular flexibility index (Phi) is 3.64. The molecule has 1 N–H and O–H groups in total. The van der Waals surface area contributed by atoms with E-state index in [0.717, 1.165) is 17.7 Å². The van der Waals surface area contributed by atoms with Crippen LogP contribution in [-0.4, -0.2) is 17.2 Å². The van der Waals surface area contributed by atoms with E-state index in [1.165, 1.54) is 6.07 Å². The Hall–Kier alpha value is -2.70. The van der Waals surface area contributed by atoms with Crippen LogP contribution in [0.25, 0.3) is 0 Å². The number of aliphatic carboxylic acids is 1. The lowest BCUT2D eigenvalue weighted by atomic mass is 10.1. The summed E-state index contributed by atoms with van der Waals surface area (Å²) in [5.41, 5.74) is 0.527. The van der Waals surface area contributed by atoms with E-state index in [0.29, 0.717) is 17.1 Å². The summed E-state index contributed by atoms with van der Waals surface area (Å²) in [5, 5.41) is 9.08. The molecule has 26 heavy (non-hydrogen) atoms. The molecule has 1 aliphatic carbocycles. The number of ether oxygens (including phenoxy) is 2. The number of carboxylic acids is 1. The first kappa shape index (κ1) is 16.8. The summed E-state index contributed by atoms with van der Waals surface area (Å²) in [4.78, 5) is 11.1. The third-order valence-electron chi connectivity index (χ3n) is 4.84. The fourth-order valence-corrected chi connectivity index (χ4v) is 3.45. The molecule has 0 aromatic heterocycles. The van der Waals surface area contributed by atoms with Crippen LogP contribution in [0.5, 0.6) is 11.5 Å². The minimum atomic E-state index is -4.40. The van der Waals surface area contributed by atoms with Gasteiger partial charge in [-0.25, -0.2) is 0 Å². The summed E-state index contributed by atoms with van der Waals surface area (Å²) in [7, 11) is 0. The molecule has 0 saturated heterocycles. The molecule has 4 rings (SSSR count). The van der Waals surface area contributed by atoms with E-state index in [9.17, 15) is 18.0 Å². The van der Waals surface area contributed by atoms with E-state index in [2.05, 4.69) is 0 Å². The standard InChI is InChI=1S/C19H15F3O4/c1-9(10-3-2-4-11(7-10)19(20,21)22)25-12-5-6-13-14(8-12)26-17-15(13)16(17)18(23)24/h2-9,15-17H,1H3,(H,23,24)/t9?,15-,16-,17-/m1/s1. The van der Waals surface area contributed by atoms with Gasteiger partial charge in [0, 0.05) is 17.5 Å². The third kappa shape index (κ3) is 2.77. The molecule has 0 radical (unpaired) electrons. The molecule has 1 saturated carbocycles. The van der Waals surface area contributed by atoms with Crippen LogP contribution in [0.2, 0.25) is 0 Å². The van der Waals surface area contributed by atoms with Crippen LogP contribution in [0.1, 0.15) is 35.6 Å². The zero-order chi connectivity index (χ0) is 18.6. The Bertz CT molecular complexity index is 877. The number of carboxylic acid groups (broad SMARTS) is 1. The lowest BCUT2D eigenvalue weighted by Crippen LogP contribution is -2.09. The van der Waals surface area contributed by atoms with Gasteiger partial charge in [-0.2, -0.15) is 13.2 Å². The first-order chi connectivity index (χ1) is 12.3. The average Bonchev–Trinajstić information content (AvgIpc) is 3.17. The van der Waals surface area contributed by atoms with Crippen LogP contribution in [-0.2, 0) is 11.0 Å². The van der Waals surface area contributed by atoms with E-state index in [-0.39, 0.29) is 12.0 Å². The maximum Gasteiger partial charge on any atom is 0.416 e. The summed E-state index contributed by atoms with van der Waals surface area (Å²) in [6.45, 7) is 1.67. The van der Waals surface area contributed by atoms with Crippen LogP contribution in [0, 0.1) is 5.92 Å². The van der Waals surface area contributed by atoms with Crippen LogP contribution < -0.4 is 9.47 Å². The predicted molar refractivity (Wildman–Crippen MR) is 85.2 cm³/mol. The van der Waals surface area contributed by atoms with E-state index >= 15 is 0 Å². The monoisotopic (exact) mass is 364 g/mol. The average molecular weight is 364 g/mol. The summed E-state index contributed by atoms with van der Waals surface area (Å²) in [6, 6.07) is 10.1. The Morgan fingerprint density at radius 3 is 2.69 bits per heavy atom. The smallest absolute Gasteiger partial charge is 0.416 e. The SMILES string of the molecule is CC(Oc1ccc2c(c1)O[C@H]1[C@H](C(=O)O)[C@@H]21)c1cccc(C(F)(F)F)c1. The fraction of sp³-hybridized carbons (Fsp3) is 0.316. The molecular weight excluding hydrogens is 349 g/mol. The number of hydrogen-bond acceptors (Lipinski definition) is 3. The molecule has 2 aromatic carbocycles. The van der Waals surface area contributed by atoms with Crippen molar-refractivity contribution < 1.29 is 32.5 Å². The van der Waals surface area contributed by atoms with E-state index in [1.807, 2.05) is 0 Å². The van der Waals surface area contributed by atoms with Crippen LogP contribution in [0.15, 0.2) is 42.5 Å². The molecule has 4 nitrogen and oxygen atoms in total. The second-order valence-electron chi connectivity index (χ2n) is 6.56. The first-order valence-corrected chi connectivity index (χ1v) is 8.13. The summed E-state index contributed by atoms with van der Waals surface area (Å²) >= 11 is 0. The molecule has 1 aliphatic heterocycles. The summed E-state index contributed by atoms with van der Waals surface area (Å²) in [6.07, 6.45) is -5.32. The molecule has 0 amide bonds. The quantitative estimate of drug-likeness (QED) is 0.873. The van der Waals surface area contributed by atoms with Crippen molar-refractivity contribution >= 4 is 5.97 Å². The lowest BCUT2D eigenvalue weighted by molar-refractivity contribution is -0.139. The predicted octanol–water partition coefficient (Wildman–Crippen LogP) is 4.40. The van der Waals surface area contributed by atoms with E-state index in [1.54, 1.807) is 31.2 Å². The van der Waals surface area contributed by atoms with E-state index < -0.39 is 29.7 Å². The third-order valence-corrected chi connectivity index (χ3v) is 4.84. The molecule has 1 heterocycles. The fourth-order valence-electron chi connectivity index (χ4n) is 3.45. The number of fused-ring (bicyclic) bond motifs is 3. The highest BCUT2D eigenvalue weighted by molar-refractivity contribution is 5.79. The van der Waals surface area contributed by atoms with Gasteiger partial charge in [-0.15, -0.1) is 0 Å². The molecule has 0 bridgehead atoms. The van der Waals surface area contributed by atoms with Crippen molar-refractivity contribution in [2.45, 2.75) is 31.2 Å². The lowest BCUT2D eigenvalue weighted by Gasteiger charge is -2.17. The Morgan fingerprint density at radius 1 is 1.23 bits per heavy atom. The highest BCUT2D eigenvalue weighted by Gasteiger charge is 2.63. The van der Waals surface area contributed by atoms with Gasteiger partial charge in [0.15, 0.2) is 0 Å². The van der Waals surface area contributed by atoms with Gasteiger partial charge in [-0.3, -0.25) is 4.79 Å². The highest BCUT2D eigenvalue weighted by Crippen LogP contribution is 2.58. The largest absolute Gasteiger partial charge is 0.488 e. The van der Waals surface area contributed by atoms with Gasteiger partial charge in [0.1, 0.15) is 29.6 Å². The Balaban J connectivity index is 1.50. The second-order valence-corrected chi connectivity index (χ2v) is 6.56. The minimum Gasteiger partial charge on any atom is -0.488 e. The van der Waals surface area contributed by atoms with E-state index in [4.69, 9.17) is 14.6 Å². The molecule has 7 heteroatoms. The molecular formula is C19H15F3O4. The van der Waals surface area contributed by atoms with Crippen molar-refractivity contribution in [3.8, 4) is 11.5 Å². The maximum atomic E-state index is 12.8. The van der Waals surface area contributed by atoms with Crippen LogP contribution in [0.3, 0.4) is 0 Å². The molecule has 1 fully saturated rings. The molecule has 4 atom stereocenters. The second kappa shape index (κ2) is 5.65. The first-order valence-electron chi connectivity index (χ1n) is 8.13. The van der Waals surface area contributed by atoms with Crippen molar-refractivity contribution in [3.05, 3.63) is 59.2 Å². The summed E-state index contributed by atoms with van der Waals surface area (Å²) in [5.74, 6) is -0.465. The van der Waals surface area contributed by atoms with Gasteiger partial charge < -0.3 is 14.6 Å². The van der Waals surface area contributed by atoms with Crippen LogP contribution in [0.4, 0.5) is 13.2 Å². The maximum absolute atomic E-state index is 12.8. The van der Waals surface area contributed by atoms with Crippen molar-refractivity contribution in [2.24, 2.45) is 5.92 Å². The number of halogens is 3. The van der Waals surface area contributed by atoms with Gasteiger partial charge in [-0.1, -0.05) is 18.2 Å². The zero-order valence-corrected chi connectivity index (χ0v) is 13.7. The molecule has 0 spiro atoms. The van der Waals surface area contributed by atoms with Gasteiger partial charge in [-0.05, 0) is 30.7 Å². The number of benzene rings is 2. The van der Waals surface area contributed by atoms with Crippen molar-refractivity contribution in [2.75, 3.05) is 0 Å². The van der Waals surface area contributed by atoms with Crippen LogP contribution >= 0.6 is 0 Å². The van der Waals surface area contributed by atoms with Gasteiger partial charge >= 0.3 is 12.1 Å². The normalized spacial score (nSPS) is 24.2. The number of carbonyl (C=O) groups is 1.